The van der Waals surface area contributed by atoms with Gasteiger partial charge in [0.15, 0.2) is 18.1 Å². The molecule has 2 aromatic rings. The number of para-hydroxylation sites is 2. The lowest BCUT2D eigenvalue weighted by molar-refractivity contribution is -0.149. The molecule has 0 aromatic heterocycles. The van der Waals surface area contributed by atoms with Gasteiger partial charge < -0.3 is 24.3 Å². The normalized spacial score (nSPS) is 14.8. The third kappa shape index (κ3) is 6.14. The second-order valence-corrected chi connectivity index (χ2v) is 6.83. The molecule has 1 atom stereocenters. The van der Waals surface area contributed by atoms with Gasteiger partial charge in [0.25, 0.3) is 5.91 Å². The Hall–Kier alpha value is -3.22. The predicted octanol–water partition coefficient (Wildman–Crippen LogP) is 2.57. The van der Waals surface area contributed by atoms with Gasteiger partial charge in [-0.25, -0.2) is 0 Å². The second-order valence-electron chi connectivity index (χ2n) is 6.83. The zero-order valence-corrected chi connectivity index (χ0v) is 16.6. The summed E-state index contributed by atoms with van der Waals surface area (Å²) < 4.78 is 22.0. The molecule has 1 aliphatic rings. The molecule has 0 aliphatic carbocycles. The van der Waals surface area contributed by atoms with Crippen molar-refractivity contribution >= 4 is 11.9 Å². The van der Waals surface area contributed by atoms with Crippen LogP contribution in [0.3, 0.4) is 0 Å². The Morgan fingerprint density at radius 1 is 1.14 bits per heavy atom. The van der Waals surface area contributed by atoms with Crippen LogP contribution in [0.5, 0.6) is 17.2 Å². The number of esters is 1. The highest BCUT2D eigenvalue weighted by atomic mass is 16.6. The molecule has 0 radical (unpaired) electrons. The SMILES string of the molecule is Cc1ccc(C)c(OCCC(=O)OCC(=O)NCC2COc3ccccc3O2)c1. The van der Waals surface area contributed by atoms with Crippen LogP contribution in [0.25, 0.3) is 0 Å². The molecule has 3 rings (SSSR count). The van der Waals surface area contributed by atoms with Crippen LogP contribution < -0.4 is 19.5 Å². The van der Waals surface area contributed by atoms with E-state index >= 15 is 0 Å². The van der Waals surface area contributed by atoms with Crippen LogP contribution in [-0.2, 0) is 14.3 Å². The molecule has 7 nitrogen and oxygen atoms in total. The summed E-state index contributed by atoms with van der Waals surface area (Å²) >= 11 is 0. The lowest BCUT2D eigenvalue weighted by Crippen LogP contribution is -2.42. The lowest BCUT2D eigenvalue weighted by Gasteiger charge is -2.26. The highest BCUT2D eigenvalue weighted by molar-refractivity contribution is 5.80. The molecule has 1 aliphatic heterocycles. The highest BCUT2D eigenvalue weighted by Gasteiger charge is 2.21. The number of carbonyl (C=O) groups is 2. The number of rotatable bonds is 8. The van der Waals surface area contributed by atoms with Gasteiger partial charge in [-0.1, -0.05) is 24.3 Å². The van der Waals surface area contributed by atoms with Crippen LogP contribution in [-0.4, -0.2) is 44.3 Å². The summed E-state index contributed by atoms with van der Waals surface area (Å²) in [5.74, 6) is 1.19. The smallest absolute Gasteiger partial charge is 0.309 e. The van der Waals surface area contributed by atoms with Gasteiger partial charge in [0, 0.05) is 0 Å². The van der Waals surface area contributed by atoms with Crippen LogP contribution in [0.4, 0.5) is 0 Å². The van der Waals surface area contributed by atoms with E-state index in [4.69, 9.17) is 18.9 Å². The van der Waals surface area contributed by atoms with Gasteiger partial charge in [-0.2, -0.15) is 0 Å². The number of nitrogens with one attached hydrogen (secondary N) is 1. The maximum absolute atomic E-state index is 11.9. The van der Waals surface area contributed by atoms with E-state index in [0.29, 0.717) is 18.1 Å². The molecule has 0 fully saturated rings. The Morgan fingerprint density at radius 3 is 2.76 bits per heavy atom. The molecule has 1 amide bonds. The summed E-state index contributed by atoms with van der Waals surface area (Å²) in [5, 5.41) is 2.68. The van der Waals surface area contributed by atoms with E-state index in [1.165, 1.54) is 0 Å². The zero-order chi connectivity index (χ0) is 20.6. The maximum atomic E-state index is 11.9. The molecule has 0 saturated carbocycles. The highest BCUT2D eigenvalue weighted by Crippen LogP contribution is 2.30. The molecule has 2 aromatic carbocycles. The summed E-state index contributed by atoms with van der Waals surface area (Å²) in [5.41, 5.74) is 2.08. The van der Waals surface area contributed by atoms with Crippen molar-refractivity contribution in [2.45, 2.75) is 26.4 Å². The molecule has 7 heteroatoms. The van der Waals surface area contributed by atoms with Crippen molar-refractivity contribution < 1.29 is 28.5 Å². The predicted molar refractivity (Wildman–Crippen MR) is 106 cm³/mol. The third-order valence-electron chi connectivity index (χ3n) is 4.37. The number of hydrogen-bond acceptors (Lipinski definition) is 6. The van der Waals surface area contributed by atoms with E-state index in [0.717, 1.165) is 16.9 Å². The van der Waals surface area contributed by atoms with E-state index in [-0.39, 0.29) is 32.3 Å². The monoisotopic (exact) mass is 399 g/mol. The van der Waals surface area contributed by atoms with Gasteiger partial charge in [-0.05, 0) is 43.2 Å². The molecule has 1 unspecified atom stereocenters. The van der Waals surface area contributed by atoms with Crippen molar-refractivity contribution in [1.82, 2.24) is 5.32 Å². The fraction of sp³-hybridized carbons (Fsp3) is 0.364. The van der Waals surface area contributed by atoms with Crippen molar-refractivity contribution in [2.75, 3.05) is 26.4 Å². The van der Waals surface area contributed by atoms with E-state index in [9.17, 15) is 9.59 Å². The van der Waals surface area contributed by atoms with Crippen LogP contribution in [0.1, 0.15) is 17.5 Å². The molecular weight excluding hydrogens is 374 g/mol. The van der Waals surface area contributed by atoms with Crippen molar-refractivity contribution in [2.24, 2.45) is 0 Å². The molecule has 0 bridgehead atoms. The van der Waals surface area contributed by atoms with Gasteiger partial charge in [-0.15, -0.1) is 0 Å². The first-order valence-electron chi connectivity index (χ1n) is 9.52. The fourth-order valence-electron chi connectivity index (χ4n) is 2.77. The molecule has 1 N–H and O–H groups in total. The lowest BCUT2D eigenvalue weighted by atomic mass is 10.1. The zero-order valence-electron chi connectivity index (χ0n) is 16.6. The van der Waals surface area contributed by atoms with Gasteiger partial charge in [-0.3, -0.25) is 9.59 Å². The Labute approximate surface area is 169 Å². The summed E-state index contributed by atoms with van der Waals surface area (Å²) in [7, 11) is 0. The van der Waals surface area contributed by atoms with Crippen LogP contribution in [0.15, 0.2) is 42.5 Å². The van der Waals surface area contributed by atoms with Gasteiger partial charge in [0.1, 0.15) is 18.5 Å². The number of aryl methyl sites for hydroxylation is 2. The molecule has 29 heavy (non-hydrogen) atoms. The van der Waals surface area contributed by atoms with Gasteiger partial charge in [0.05, 0.1) is 19.6 Å². The second kappa shape index (κ2) is 9.82. The van der Waals surface area contributed by atoms with Crippen LogP contribution in [0.2, 0.25) is 0 Å². The van der Waals surface area contributed by atoms with Crippen molar-refractivity contribution in [3.05, 3.63) is 53.6 Å². The fourth-order valence-corrected chi connectivity index (χ4v) is 2.77. The number of benzene rings is 2. The van der Waals surface area contributed by atoms with Gasteiger partial charge >= 0.3 is 5.97 Å². The first kappa shape index (κ1) is 20.5. The van der Waals surface area contributed by atoms with Crippen LogP contribution in [0, 0.1) is 13.8 Å². The summed E-state index contributed by atoms with van der Waals surface area (Å²) in [6.45, 7) is 4.37. The average Bonchev–Trinajstić information content (AvgIpc) is 2.73. The Kier molecular flexibility index (Phi) is 6.94. The Balaban J connectivity index is 1.31. The van der Waals surface area contributed by atoms with Crippen molar-refractivity contribution in [1.29, 1.82) is 0 Å². The van der Waals surface area contributed by atoms with E-state index in [2.05, 4.69) is 5.32 Å². The van der Waals surface area contributed by atoms with E-state index in [1.54, 1.807) is 0 Å². The number of hydrogen-bond donors (Lipinski definition) is 1. The van der Waals surface area contributed by atoms with Crippen molar-refractivity contribution in [3.63, 3.8) is 0 Å². The van der Waals surface area contributed by atoms with E-state index < -0.39 is 11.9 Å². The number of carbonyl (C=O) groups excluding carboxylic acids is 2. The van der Waals surface area contributed by atoms with E-state index in [1.807, 2.05) is 56.3 Å². The molecular formula is C22H25NO6. The first-order valence-corrected chi connectivity index (χ1v) is 9.52. The minimum atomic E-state index is -0.489. The largest absolute Gasteiger partial charge is 0.493 e. The maximum Gasteiger partial charge on any atom is 0.309 e. The first-order chi connectivity index (χ1) is 14.0. The molecule has 154 valence electrons. The van der Waals surface area contributed by atoms with Crippen LogP contribution >= 0.6 is 0 Å². The number of ether oxygens (including phenoxy) is 4. The Bertz CT molecular complexity index is 866. The molecule has 1 heterocycles. The number of amides is 1. The average molecular weight is 399 g/mol. The third-order valence-corrected chi connectivity index (χ3v) is 4.37. The van der Waals surface area contributed by atoms with Gasteiger partial charge in [0.2, 0.25) is 0 Å². The summed E-state index contributed by atoms with van der Waals surface area (Å²) in [4.78, 5) is 23.7. The minimum absolute atomic E-state index is 0.0665. The molecule has 0 spiro atoms. The molecule has 0 saturated heterocycles. The summed E-state index contributed by atoms with van der Waals surface area (Å²) in [6.07, 6.45) is -0.229. The standard InChI is InChI=1S/C22H25NO6/c1-15-7-8-16(2)20(11-15)26-10-9-22(25)28-14-21(24)23-12-17-13-27-18-5-3-4-6-19(18)29-17/h3-8,11,17H,9-10,12-14H2,1-2H3,(H,23,24). The summed E-state index contributed by atoms with van der Waals surface area (Å²) in [6, 6.07) is 13.2. The minimum Gasteiger partial charge on any atom is -0.493 e. The Morgan fingerprint density at radius 2 is 1.93 bits per heavy atom. The topological polar surface area (TPSA) is 83.1 Å². The number of fused-ring (bicyclic) bond motifs is 1. The van der Waals surface area contributed by atoms with Crippen molar-refractivity contribution in [3.8, 4) is 17.2 Å². The quantitative estimate of drug-likeness (QED) is 0.687.